The van der Waals surface area contributed by atoms with E-state index in [0.29, 0.717) is 13.0 Å². The van der Waals surface area contributed by atoms with Crippen LogP contribution in [0, 0.1) is 6.92 Å². The van der Waals surface area contributed by atoms with E-state index in [1.807, 2.05) is 36.1 Å². The molecule has 0 spiro atoms. The number of nitrogens with zero attached hydrogens (tertiary/aromatic N) is 1. The minimum Gasteiger partial charge on any atom is -0.493 e. The first-order valence-electron chi connectivity index (χ1n) is 6.94. The van der Waals surface area contributed by atoms with Crippen LogP contribution >= 0.6 is 12.4 Å². The lowest BCUT2D eigenvalue weighted by atomic mass is 10.2. The first-order valence-corrected chi connectivity index (χ1v) is 6.94. The molecule has 1 aliphatic heterocycles. The Morgan fingerprint density at radius 2 is 2.20 bits per heavy atom. The SMILES string of the molecule is Cc1cccc(OCCC(=O)N2CCCNCC2)c1.Cl. The van der Waals surface area contributed by atoms with E-state index in [4.69, 9.17) is 4.74 Å². The van der Waals surface area contributed by atoms with Gasteiger partial charge < -0.3 is 15.0 Å². The molecule has 5 heteroatoms. The van der Waals surface area contributed by atoms with E-state index in [1.165, 1.54) is 5.56 Å². The molecule has 0 saturated carbocycles. The molecule has 20 heavy (non-hydrogen) atoms. The summed E-state index contributed by atoms with van der Waals surface area (Å²) in [4.78, 5) is 14.0. The van der Waals surface area contributed by atoms with Crippen molar-refractivity contribution in [1.82, 2.24) is 10.2 Å². The van der Waals surface area contributed by atoms with Crippen LogP contribution in [0.5, 0.6) is 5.75 Å². The maximum Gasteiger partial charge on any atom is 0.226 e. The van der Waals surface area contributed by atoms with Gasteiger partial charge in [-0.05, 0) is 37.6 Å². The van der Waals surface area contributed by atoms with Crippen molar-refractivity contribution in [2.75, 3.05) is 32.8 Å². The Morgan fingerprint density at radius 3 is 3.00 bits per heavy atom. The fraction of sp³-hybridized carbons (Fsp3) is 0.533. The van der Waals surface area contributed by atoms with Gasteiger partial charge in [-0.15, -0.1) is 12.4 Å². The van der Waals surface area contributed by atoms with Crippen LogP contribution in [-0.4, -0.2) is 43.6 Å². The smallest absolute Gasteiger partial charge is 0.226 e. The molecule has 2 rings (SSSR count). The second-order valence-electron chi connectivity index (χ2n) is 4.90. The van der Waals surface area contributed by atoms with Crippen molar-refractivity contribution in [3.63, 3.8) is 0 Å². The number of aryl methyl sites for hydroxylation is 1. The number of amides is 1. The predicted octanol–water partition coefficient (Wildman–Crippen LogP) is 2.01. The summed E-state index contributed by atoms with van der Waals surface area (Å²) in [5.41, 5.74) is 1.17. The number of hydrogen-bond acceptors (Lipinski definition) is 3. The van der Waals surface area contributed by atoms with Gasteiger partial charge in [0.15, 0.2) is 0 Å². The van der Waals surface area contributed by atoms with E-state index in [2.05, 4.69) is 5.32 Å². The summed E-state index contributed by atoms with van der Waals surface area (Å²) in [5, 5.41) is 3.30. The monoisotopic (exact) mass is 298 g/mol. The summed E-state index contributed by atoms with van der Waals surface area (Å²) >= 11 is 0. The van der Waals surface area contributed by atoms with Crippen molar-refractivity contribution >= 4 is 18.3 Å². The van der Waals surface area contributed by atoms with E-state index >= 15 is 0 Å². The molecule has 1 aromatic carbocycles. The molecule has 1 aromatic rings. The van der Waals surface area contributed by atoms with Crippen molar-refractivity contribution in [2.45, 2.75) is 19.8 Å². The van der Waals surface area contributed by atoms with Gasteiger partial charge in [-0.3, -0.25) is 4.79 Å². The number of hydrogen-bond donors (Lipinski definition) is 1. The number of carbonyl (C=O) groups is 1. The van der Waals surface area contributed by atoms with Crippen LogP contribution < -0.4 is 10.1 Å². The van der Waals surface area contributed by atoms with Gasteiger partial charge in [0.05, 0.1) is 13.0 Å². The lowest BCUT2D eigenvalue weighted by Crippen LogP contribution is -2.34. The molecule has 0 aliphatic carbocycles. The van der Waals surface area contributed by atoms with Gasteiger partial charge in [0.2, 0.25) is 5.91 Å². The van der Waals surface area contributed by atoms with Crippen molar-refractivity contribution in [1.29, 1.82) is 0 Å². The Morgan fingerprint density at radius 1 is 1.35 bits per heavy atom. The first-order chi connectivity index (χ1) is 9.25. The van der Waals surface area contributed by atoms with Gasteiger partial charge in [0.25, 0.3) is 0 Å². The van der Waals surface area contributed by atoms with Crippen LogP contribution in [0.3, 0.4) is 0 Å². The number of carbonyl (C=O) groups excluding carboxylic acids is 1. The average molecular weight is 299 g/mol. The molecular formula is C15H23ClN2O2. The van der Waals surface area contributed by atoms with E-state index in [-0.39, 0.29) is 18.3 Å². The highest BCUT2D eigenvalue weighted by Gasteiger charge is 2.14. The van der Waals surface area contributed by atoms with Gasteiger partial charge >= 0.3 is 0 Å². The molecule has 1 amide bonds. The van der Waals surface area contributed by atoms with E-state index < -0.39 is 0 Å². The quantitative estimate of drug-likeness (QED) is 0.924. The number of rotatable bonds is 4. The summed E-state index contributed by atoms with van der Waals surface area (Å²) in [6.45, 7) is 6.04. The third-order valence-corrected chi connectivity index (χ3v) is 3.27. The zero-order chi connectivity index (χ0) is 13.5. The number of ether oxygens (including phenoxy) is 1. The highest BCUT2D eigenvalue weighted by Crippen LogP contribution is 2.12. The third-order valence-electron chi connectivity index (χ3n) is 3.27. The minimum absolute atomic E-state index is 0. The molecule has 0 aromatic heterocycles. The molecule has 112 valence electrons. The summed E-state index contributed by atoms with van der Waals surface area (Å²) < 4.78 is 5.62. The van der Waals surface area contributed by atoms with Crippen LogP contribution in [-0.2, 0) is 4.79 Å². The zero-order valence-corrected chi connectivity index (χ0v) is 12.7. The molecule has 0 bridgehead atoms. The fourth-order valence-corrected chi connectivity index (χ4v) is 2.21. The van der Waals surface area contributed by atoms with Gasteiger partial charge in [-0.25, -0.2) is 0 Å². The molecular weight excluding hydrogens is 276 g/mol. The molecule has 1 N–H and O–H groups in total. The third kappa shape index (κ3) is 5.39. The van der Waals surface area contributed by atoms with Gasteiger partial charge in [0, 0.05) is 19.6 Å². The lowest BCUT2D eigenvalue weighted by molar-refractivity contribution is -0.131. The number of benzene rings is 1. The number of nitrogens with one attached hydrogen (secondary N) is 1. The molecule has 0 atom stereocenters. The molecule has 1 heterocycles. The normalized spacial score (nSPS) is 15.2. The molecule has 1 fully saturated rings. The zero-order valence-electron chi connectivity index (χ0n) is 11.9. The topological polar surface area (TPSA) is 41.6 Å². The van der Waals surface area contributed by atoms with Crippen LogP contribution in [0.15, 0.2) is 24.3 Å². The standard InChI is InChI=1S/C15H22N2O2.ClH/c1-13-4-2-5-14(12-13)19-11-6-15(18)17-9-3-7-16-8-10-17;/h2,4-5,12,16H,3,6-11H2,1H3;1H. The van der Waals surface area contributed by atoms with E-state index in [0.717, 1.165) is 38.3 Å². The Hall–Kier alpha value is -1.26. The molecule has 1 saturated heterocycles. The first kappa shape index (κ1) is 16.8. The van der Waals surface area contributed by atoms with Crippen LogP contribution in [0.2, 0.25) is 0 Å². The van der Waals surface area contributed by atoms with Gasteiger partial charge in [-0.2, -0.15) is 0 Å². The second kappa shape index (κ2) is 8.82. The van der Waals surface area contributed by atoms with Crippen LogP contribution in [0.4, 0.5) is 0 Å². The molecule has 4 nitrogen and oxygen atoms in total. The Bertz CT molecular complexity index is 418. The van der Waals surface area contributed by atoms with Crippen molar-refractivity contribution in [3.05, 3.63) is 29.8 Å². The Labute approximate surface area is 126 Å². The minimum atomic E-state index is 0. The van der Waals surface area contributed by atoms with E-state index in [9.17, 15) is 4.79 Å². The summed E-state index contributed by atoms with van der Waals surface area (Å²) in [5.74, 6) is 1.03. The summed E-state index contributed by atoms with van der Waals surface area (Å²) in [6.07, 6.45) is 1.48. The predicted molar refractivity (Wildman–Crippen MR) is 82.6 cm³/mol. The van der Waals surface area contributed by atoms with Crippen LogP contribution in [0.25, 0.3) is 0 Å². The highest BCUT2D eigenvalue weighted by molar-refractivity contribution is 5.85. The van der Waals surface area contributed by atoms with Crippen molar-refractivity contribution in [2.24, 2.45) is 0 Å². The van der Waals surface area contributed by atoms with Crippen molar-refractivity contribution < 1.29 is 9.53 Å². The molecule has 0 radical (unpaired) electrons. The Kier molecular flexibility index (Phi) is 7.41. The second-order valence-corrected chi connectivity index (χ2v) is 4.90. The van der Waals surface area contributed by atoms with E-state index in [1.54, 1.807) is 0 Å². The number of halogens is 1. The maximum atomic E-state index is 12.0. The largest absolute Gasteiger partial charge is 0.493 e. The highest BCUT2D eigenvalue weighted by atomic mass is 35.5. The summed E-state index contributed by atoms with van der Waals surface area (Å²) in [6, 6.07) is 7.91. The van der Waals surface area contributed by atoms with Crippen molar-refractivity contribution in [3.8, 4) is 5.75 Å². The maximum absolute atomic E-state index is 12.0. The fourth-order valence-electron chi connectivity index (χ4n) is 2.21. The summed E-state index contributed by atoms with van der Waals surface area (Å²) in [7, 11) is 0. The van der Waals surface area contributed by atoms with Crippen LogP contribution in [0.1, 0.15) is 18.4 Å². The van der Waals surface area contributed by atoms with Gasteiger partial charge in [0.1, 0.15) is 5.75 Å². The molecule has 1 aliphatic rings. The lowest BCUT2D eigenvalue weighted by Gasteiger charge is -2.19. The Balaban J connectivity index is 0.00000200. The average Bonchev–Trinajstić information content (AvgIpc) is 2.67. The van der Waals surface area contributed by atoms with Gasteiger partial charge in [-0.1, -0.05) is 12.1 Å². The molecule has 0 unspecified atom stereocenters.